The van der Waals surface area contributed by atoms with Gasteiger partial charge in [-0.2, -0.15) is 0 Å². The van der Waals surface area contributed by atoms with Crippen molar-refractivity contribution in [2.45, 2.75) is 12.8 Å². The lowest BCUT2D eigenvalue weighted by atomic mass is 10.0. The normalized spacial score (nSPS) is 17.8. The number of aromatic nitrogens is 2. The van der Waals surface area contributed by atoms with Crippen LogP contribution in [-0.2, 0) is 6.42 Å². The number of nitrogens with zero attached hydrogens (tertiary/aromatic N) is 2. The zero-order valence-corrected chi connectivity index (χ0v) is 11.6. The summed E-state index contributed by atoms with van der Waals surface area (Å²) in [6, 6.07) is 8.76. The van der Waals surface area contributed by atoms with Gasteiger partial charge in [0, 0.05) is 11.3 Å². The minimum Gasteiger partial charge on any atom is -0.478 e. The van der Waals surface area contributed by atoms with Gasteiger partial charge in [-0.1, -0.05) is 12.1 Å². The maximum atomic E-state index is 10.9. The molecule has 0 radical (unpaired) electrons. The second-order valence-corrected chi connectivity index (χ2v) is 5.34. The molecule has 0 aliphatic carbocycles. The molecule has 21 heavy (non-hydrogen) atoms. The smallest absolute Gasteiger partial charge is 0.335 e. The minimum atomic E-state index is -0.918. The Balaban J connectivity index is 1.79. The van der Waals surface area contributed by atoms with Gasteiger partial charge in [0.1, 0.15) is 6.33 Å². The first kappa shape index (κ1) is 13.7. The fourth-order valence-electron chi connectivity index (χ4n) is 2.64. The van der Waals surface area contributed by atoms with Crippen molar-refractivity contribution in [2.75, 3.05) is 13.1 Å². The van der Waals surface area contributed by atoms with Gasteiger partial charge < -0.3 is 10.4 Å². The molecule has 1 atom stereocenters. The number of rotatable bonds is 4. The van der Waals surface area contributed by atoms with Crippen LogP contribution in [0.1, 0.15) is 22.5 Å². The Kier molecular flexibility index (Phi) is 3.92. The Labute approximate surface area is 123 Å². The van der Waals surface area contributed by atoms with Gasteiger partial charge in [0.15, 0.2) is 0 Å². The van der Waals surface area contributed by atoms with E-state index in [1.807, 2.05) is 6.07 Å². The predicted octanol–water partition coefficient (Wildman–Crippen LogP) is 1.99. The Morgan fingerprint density at radius 2 is 2.10 bits per heavy atom. The molecule has 1 saturated heterocycles. The molecule has 2 aromatic rings. The van der Waals surface area contributed by atoms with E-state index >= 15 is 0 Å². The van der Waals surface area contributed by atoms with Gasteiger partial charge in [-0.15, -0.1) is 0 Å². The summed E-state index contributed by atoms with van der Waals surface area (Å²) in [7, 11) is 0. The average molecular weight is 283 g/mol. The molecule has 108 valence electrons. The molecule has 0 spiro atoms. The van der Waals surface area contributed by atoms with E-state index in [0.717, 1.165) is 36.5 Å². The van der Waals surface area contributed by atoms with E-state index in [-0.39, 0.29) is 5.56 Å². The number of benzene rings is 1. The van der Waals surface area contributed by atoms with Gasteiger partial charge in [-0.25, -0.2) is 14.8 Å². The zero-order chi connectivity index (χ0) is 14.7. The van der Waals surface area contributed by atoms with Crippen LogP contribution in [0.25, 0.3) is 11.3 Å². The SMILES string of the molecule is O=C(O)c1ccc(-c2cc(CC3CCNC3)ncn2)cc1. The Bertz CT molecular complexity index is 634. The molecule has 0 saturated carbocycles. The van der Waals surface area contributed by atoms with E-state index < -0.39 is 5.97 Å². The first-order valence-electron chi connectivity index (χ1n) is 7.08. The van der Waals surface area contributed by atoms with Gasteiger partial charge in [0.05, 0.1) is 11.3 Å². The standard InChI is InChI=1S/C16H17N3O2/c20-16(21)13-3-1-12(2-4-13)15-8-14(18-10-19-15)7-11-5-6-17-9-11/h1-4,8,10-11,17H,5-7,9H2,(H,20,21). The molecule has 1 aromatic heterocycles. The lowest BCUT2D eigenvalue weighted by Gasteiger charge is -2.08. The van der Waals surface area contributed by atoms with Crippen molar-refractivity contribution >= 4 is 5.97 Å². The molecule has 3 rings (SSSR count). The maximum absolute atomic E-state index is 10.9. The van der Waals surface area contributed by atoms with Crippen LogP contribution >= 0.6 is 0 Å². The molecule has 5 nitrogen and oxygen atoms in total. The van der Waals surface area contributed by atoms with Crippen LogP contribution in [-0.4, -0.2) is 34.1 Å². The van der Waals surface area contributed by atoms with Crippen molar-refractivity contribution in [3.8, 4) is 11.3 Å². The molecule has 0 bridgehead atoms. The Hall–Kier alpha value is -2.27. The van der Waals surface area contributed by atoms with Crippen LogP contribution < -0.4 is 5.32 Å². The maximum Gasteiger partial charge on any atom is 0.335 e. The third-order valence-corrected chi connectivity index (χ3v) is 3.81. The second kappa shape index (κ2) is 6.01. The molecule has 1 aliphatic rings. The highest BCUT2D eigenvalue weighted by atomic mass is 16.4. The van der Waals surface area contributed by atoms with E-state index in [0.29, 0.717) is 5.92 Å². The van der Waals surface area contributed by atoms with Gasteiger partial charge >= 0.3 is 5.97 Å². The lowest BCUT2D eigenvalue weighted by molar-refractivity contribution is 0.0697. The first-order chi connectivity index (χ1) is 10.2. The topological polar surface area (TPSA) is 75.1 Å². The summed E-state index contributed by atoms with van der Waals surface area (Å²) in [4.78, 5) is 19.5. The van der Waals surface area contributed by atoms with Gasteiger partial charge in [-0.05, 0) is 50.0 Å². The summed E-state index contributed by atoms with van der Waals surface area (Å²) in [5.41, 5.74) is 3.07. The van der Waals surface area contributed by atoms with Gasteiger partial charge in [-0.3, -0.25) is 0 Å². The number of carboxylic acid groups (broad SMARTS) is 1. The molecule has 5 heteroatoms. The van der Waals surface area contributed by atoms with E-state index in [1.54, 1.807) is 30.6 Å². The summed E-state index contributed by atoms with van der Waals surface area (Å²) >= 11 is 0. The summed E-state index contributed by atoms with van der Waals surface area (Å²) in [5.74, 6) is -0.277. The number of carbonyl (C=O) groups is 1. The van der Waals surface area contributed by atoms with Crippen molar-refractivity contribution in [3.63, 3.8) is 0 Å². The highest BCUT2D eigenvalue weighted by Gasteiger charge is 2.16. The van der Waals surface area contributed by atoms with Crippen LogP contribution in [0, 0.1) is 5.92 Å². The average Bonchev–Trinajstić information content (AvgIpc) is 3.00. The van der Waals surface area contributed by atoms with Crippen molar-refractivity contribution in [1.82, 2.24) is 15.3 Å². The highest BCUT2D eigenvalue weighted by Crippen LogP contribution is 2.20. The van der Waals surface area contributed by atoms with Crippen LogP contribution in [0.15, 0.2) is 36.7 Å². The highest BCUT2D eigenvalue weighted by molar-refractivity contribution is 5.88. The van der Waals surface area contributed by atoms with E-state index in [4.69, 9.17) is 5.11 Å². The number of hydrogen-bond acceptors (Lipinski definition) is 4. The molecule has 1 aromatic carbocycles. The molecule has 0 amide bonds. The summed E-state index contributed by atoms with van der Waals surface area (Å²) in [6.45, 7) is 2.13. The van der Waals surface area contributed by atoms with Crippen LogP contribution in [0.5, 0.6) is 0 Å². The Morgan fingerprint density at radius 3 is 2.76 bits per heavy atom. The molecule has 1 fully saturated rings. The molecule has 1 aliphatic heterocycles. The van der Waals surface area contributed by atoms with Crippen molar-refractivity contribution < 1.29 is 9.90 Å². The second-order valence-electron chi connectivity index (χ2n) is 5.34. The molecule has 2 heterocycles. The number of carboxylic acids is 1. The van der Waals surface area contributed by atoms with Crippen LogP contribution in [0.4, 0.5) is 0 Å². The number of aromatic carboxylic acids is 1. The van der Waals surface area contributed by atoms with Crippen molar-refractivity contribution in [1.29, 1.82) is 0 Å². The first-order valence-corrected chi connectivity index (χ1v) is 7.08. The van der Waals surface area contributed by atoms with Crippen LogP contribution in [0.2, 0.25) is 0 Å². The van der Waals surface area contributed by atoms with E-state index in [1.165, 1.54) is 6.42 Å². The monoisotopic (exact) mass is 283 g/mol. The van der Waals surface area contributed by atoms with Gasteiger partial charge in [0.25, 0.3) is 0 Å². The molecular formula is C16H17N3O2. The molecule has 2 N–H and O–H groups in total. The number of hydrogen-bond donors (Lipinski definition) is 2. The third kappa shape index (κ3) is 3.25. The molecular weight excluding hydrogens is 266 g/mol. The van der Waals surface area contributed by atoms with Gasteiger partial charge in [0.2, 0.25) is 0 Å². The van der Waals surface area contributed by atoms with Crippen LogP contribution in [0.3, 0.4) is 0 Å². The van der Waals surface area contributed by atoms with Crippen molar-refractivity contribution in [3.05, 3.63) is 47.9 Å². The fourth-order valence-corrected chi connectivity index (χ4v) is 2.64. The molecule has 1 unspecified atom stereocenters. The minimum absolute atomic E-state index is 0.282. The summed E-state index contributed by atoms with van der Waals surface area (Å²) in [6.07, 6.45) is 3.72. The zero-order valence-electron chi connectivity index (χ0n) is 11.6. The van der Waals surface area contributed by atoms with E-state index in [9.17, 15) is 4.79 Å². The summed E-state index contributed by atoms with van der Waals surface area (Å²) < 4.78 is 0. The third-order valence-electron chi connectivity index (χ3n) is 3.81. The Morgan fingerprint density at radius 1 is 1.29 bits per heavy atom. The fraction of sp³-hybridized carbons (Fsp3) is 0.312. The predicted molar refractivity (Wildman–Crippen MR) is 79.1 cm³/mol. The number of nitrogens with one attached hydrogen (secondary N) is 1. The largest absolute Gasteiger partial charge is 0.478 e. The quantitative estimate of drug-likeness (QED) is 0.897. The van der Waals surface area contributed by atoms with E-state index in [2.05, 4.69) is 15.3 Å². The summed E-state index contributed by atoms with van der Waals surface area (Å²) in [5, 5.41) is 12.3. The van der Waals surface area contributed by atoms with Crippen molar-refractivity contribution in [2.24, 2.45) is 5.92 Å². The lowest BCUT2D eigenvalue weighted by Crippen LogP contribution is -2.11.